The summed E-state index contributed by atoms with van der Waals surface area (Å²) in [6, 6.07) is 0. The van der Waals surface area contributed by atoms with Gasteiger partial charge in [-0.2, -0.15) is 0 Å². The Labute approximate surface area is 55.9 Å². The zero-order valence-corrected chi connectivity index (χ0v) is 6.22. The molecule has 3 heteroatoms. The summed E-state index contributed by atoms with van der Waals surface area (Å²) >= 11 is 0. The Balaban J connectivity index is 0. The van der Waals surface area contributed by atoms with Crippen LogP contribution in [-0.4, -0.2) is 17.1 Å². The molecule has 9 heavy (non-hydrogen) atoms. The highest BCUT2D eigenvalue weighted by Crippen LogP contribution is 1.84. The van der Waals surface area contributed by atoms with Crippen molar-refractivity contribution < 1.29 is 9.90 Å². The van der Waals surface area contributed by atoms with Gasteiger partial charge in [0.2, 0.25) is 5.91 Å². The molecule has 56 valence electrons. The number of aliphatic hydroxyl groups is 1. The van der Waals surface area contributed by atoms with Gasteiger partial charge < -0.3 is 10.8 Å². The van der Waals surface area contributed by atoms with Gasteiger partial charge in [0.15, 0.2) is 0 Å². The highest BCUT2D eigenvalue weighted by molar-refractivity contribution is 5.78. The van der Waals surface area contributed by atoms with Gasteiger partial charge in [-0.15, -0.1) is 0 Å². The van der Waals surface area contributed by atoms with Crippen LogP contribution in [0.15, 0.2) is 0 Å². The molecule has 0 radical (unpaired) electrons. The number of amides is 1. The number of carbonyl (C=O) groups is 1. The van der Waals surface area contributed by atoms with Crippen LogP contribution in [0, 0.1) is 0 Å². The van der Waals surface area contributed by atoms with E-state index in [1.54, 1.807) is 6.92 Å². The molecule has 0 spiro atoms. The van der Waals surface area contributed by atoms with E-state index in [9.17, 15) is 4.79 Å². The molecule has 0 aromatic carbocycles. The van der Waals surface area contributed by atoms with Crippen LogP contribution < -0.4 is 5.73 Å². The maximum Gasteiger partial charge on any atom is 0.246 e. The van der Waals surface area contributed by atoms with E-state index < -0.39 is 12.0 Å². The summed E-state index contributed by atoms with van der Waals surface area (Å²) in [6.45, 7) is 5.69. The minimum absolute atomic E-state index is 0.398. The SMILES string of the molecule is CC.CCC(O)C(N)=O. The summed E-state index contributed by atoms with van der Waals surface area (Å²) in [4.78, 5) is 9.90. The lowest BCUT2D eigenvalue weighted by atomic mass is 10.3. The summed E-state index contributed by atoms with van der Waals surface area (Å²) < 4.78 is 0. The molecule has 0 aliphatic carbocycles. The summed E-state index contributed by atoms with van der Waals surface area (Å²) in [5, 5.41) is 8.46. The first-order valence-electron chi connectivity index (χ1n) is 3.16. The number of hydrogen-bond acceptors (Lipinski definition) is 2. The van der Waals surface area contributed by atoms with Crippen molar-refractivity contribution in [1.29, 1.82) is 0 Å². The highest BCUT2D eigenvalue weighted by atomic mass is 16.3. The molecular formula is C6H15NO2. The Hall–Kier alpha value is -0.570. The molecule has 0 rings (SSSR count). The summed E-state index contributed by atoms with van der Waals surface area (Å²) in [6.07, 6.45) is -0.560. The number of rotatable bonds is 2. The summed E-state index contributed by atoms with van der Waals surface area (Å²) in [5.41, 5.74) is 4.66. The molecule has 3 nitrogen and oxygen atoms in total. The molecule has 1 amide bonds. The first-order valence-corrected chi connectivity index (χ1v) is 3.16. The lowest BCUT2D eigenvalue weighted by Crippen LogP contribution is -2.26. The van der Waals surface area contributed by atoms with Crippen molar-refractivity contribution in [2.24, 2.45) is 5.73 Å². The number of carbonyl (C=O) groups excluding carboxylic acids is 1. The third-order valence-corrected chi connectivity index (χ3v) is 0.715. The largest absolute Gasteiger partial charge is 0.383 e. The molecule has 0 saturated carbocycles. The second-order valence-electron chi connectivity index (χ2n) is 1.33. The molecule has 0 aromatic heterocycles. The van der Waals surface area contributed by atoms with Crippen molar-refractivity contribution in [2.45, 2.75) is 33.3 Å². The Kier molecular flexibility index (Phi) is 9.29. The molecule has 0 aromatic rings. The van der Waals surface area contributed by atoms with E-state index in [0.717, 1.165) is 0 Å². The van der Waals surface area contributed by atoms with Gasteiger partial charge in [-0.1, -0.05) is 20.8 Å². The molecule has 1 unspecified atom stereocenters. The second kappa shape index (κ2) is 7.43. The van der Waals surface area contributed by atoms with Gasteiger partial charge in [-0.25, -0.2) is 0 Å². The molecule has 0 aliphatic heterocycles. The molecule has 1 atom stereocenters. The predicted molar refractivity (Wildman–Crippen MR) is 36.8 cm³/mol. The Morgan fingerprint density at radius 1 is 1.67 bits per heavy atom. The van der Waals surface area contributed by atoms with E-state index in [1.165, 1.54) is 0 Å². The van der Waals surface area contributed by atoms with E-state index in [0.29, 0.717) is 6.42 Å². The Bertz CT molecular complexity index is 73.5. The number of nitrogens with two attached hydrogens (primary N) is 1. The van der Waals surface area contributed by atoms with Crippen LogP contribution >= 0.6 is 0 Å². The fourth-order valence-electron chi connectivity index (χ4n) is 0.201. The van der Waals surface area contributed by atoms with E-state index >= 15 is 0 Å². The summed E-state index contributed by atoms with van der Waals surface area (Å²) in [7, 11) is 0. The van der Waals surface area contributed by atoms with Crippen LogP contribution in [0.5, 0.6) is 0 Å². The van der Waals surface area contributed by atoms with Crippen molar-refractivity contribution in [1.82, 2.24) is 0 Å². The molecule has 0 fully saturated rings. The van der Waals surface area contributed by atoms with Gasteiger partial charge >= 0.3 is 0 Å². The zero-order chi connectivity index (χ0) is 7.86. The van der Waals surface area contributed by atoms with E-state index in [-0.39, 0.29) is 0 Å². The van der Waals surface area contributed by atoms with E-state index in [2.05, 4.69) is 5.73 Å². The van der Waals surface area contributed by atoms with Crippen LogP contribution in [-0.2, 0) is 4.79 Å². The highest BCUT2D eigenvalue weighted by Gasteiger charge is 2.04. The van der Waals surface area contributed by atoms with Gasteiger partial charge in [-0.3, -0.25) is 4.79 Å². The second-order valence-corrected chi connectivity index (χ2v) is 1.33. The number of hydrogen-bond donors (Lipinski definition) is 2. The van der Waals surface area contributed by atoms with Gasteiger partial charge in [0.1, 0.15) is 6.10 Å². The first kappa shape index (κ1) is 11.3. The van der Waals surface area contributed by atoms with E-state index in [1.807, 2.05) is 13.8 Å². The van der Waals surface area contributed by atoms with E-state index in [4.69, 9.17) is 5.11 Å². The van der Waals surface area contributed by atoms with Crippen LogP contribution in [0.25, 0.3) is 0 Å². The van der Waals surface area contributed by atoms with Crippen LogP contribution in [0.4, 0.5) is 0 Å². The molecule has 0 bridgehead atoms. The Morgan fingerprint density at radius 3 is 2.00 bits per heavy atom. The monoisotopic (exact) mass is 133 g/mol. The fraction of sp³-hybridized carbons (Fsp3) is 0.833. The van der Waals surface area contributed by atoms with Crippen molar-refractivity contribution in [3.05, 3.63) is 0 Å². The number of aliphatic hydroxyl groups excluding tert-OH is 1. The van der Waals surface area contributed by atoms with Gasteiger partial charge in [-0.05, 0) is 6.42 Å². The standard InChI is InChI=1S/C4H9NO2.C2H6/c1-2-3(6)4(5)7;1-2/h3,6H,2H2,1H3,(H2,5,7);1-2H3. The molecule has 0 saturated heterocycles. The molecule has 0 heterocycles. The Morgan fingerprint density at radius 2 is 2.00 bits per heavy atom. The third-order valence-electron chi connectivity index (χ3n) is 0.715. The zero-order valence-electron chi connectivity index (χ0n) is 6.22. The lowest BCUT2D eigenvalue weighted by molar-refractivity contribution is -0.126. The van der Waals surface area contributed by atoms with Gasteiger partial charge in [0, 0.05) is 0 Å². The smallest absolute Gasteiger partial charge is 0.246 e. The average molecular weight is 133 g/mol. The third kappa shape index (κ3) is 7.43. The fourth-order valence-corrected chi connectivity index (χ4v) is 0.201. The molecule has 0 aliphatic rings. The maximum absolute atomic E-state index is 9.90. The predicted octanol–water partition coefficient (Wildman–Crippen LogP) is 0.269. The quantitative estimate of drug-likeness (QED) is 0.568. The van der Waals surface area contributed by atoms with Crippen LogP contribution in [0.3, 0.4) is 0 Å². The van der Waals surface area contributed by atoms with Crippen molar-refractivity contribution in [2.75, 3.05) is 0 Å². The average Bonchev–Trinajstić information content (AvgIpc) is 1.91. The lowest BCUT2D eigenvalue weighted by Gasteiger charge is -1.97. The minimum Gasteiger partial charge on any atom is -0.383 e. The first-order chi connectivity index (χ1) is 4.18. The van der Waals surface area contributed by atoms with Crippen LogP contribution in [0.2, 0.25) is 0 Å². The van der Waals surface area contributed by atoms with Gasteiger partial charge in [0.05, 0.1) is 0 Å². The normalized spacial score (nSPS) is 11.1. The van der Waals surface area contributed by atoms with Crippen LogP contribution in [0.1, 0.15) is 27.2 Å². The van der Waals surface area contributed by atoms with Gasteiger partial charge in [0.25, 0.3) is 0 Å². The summed E-state index contributed by atoms with van der Waals surface area (Å²) in [5.74, 6) is -0.650. The maximum atomic E-state index is 9.90. The minimum atomic E-state index is -0.958. The van der Waals surface area contributed by atoms with Crippen molar-refractivity contribution >= 4 is 5.91 Å². The van der Waals surface area contributed by atoms with Crippen molar-refractivity contribution in [3.63, 3.8) is 0 Å². The molecular weight excluding hydrogens is 118 g/mol. The number of primary amides is 1. The molecule has 3 N–H and O–H groups in total. The topological polar surface area (TPSA) is 63.3 Å². The van der Waals surface area contributed by atoms with Crippen molar-refractivity contribution in [3.8, 4) is 0 Å².